The fourth-order valence-corrected chi connectivity index (χ4v) is 3.62. The molecule has 1 saturated carbocycles. The fourth-order valence-electron chi connectivity index (χ4n) is 3.62. The van der Waals surface area contributed by atoms with Crippen molar-refractivity contribution in [1.29, 1.82) is 0 Å². The van der Waals surface area contributed by atoms with E-state index in [1.165, 1.54) is 0 Å². The van der Waals surface area contributed by atoms with Crippen LogP contribution in [-0.2, 0) is 9.59 Å². The number of nitrogens with zero attached hydrogens (tertiary/aromatic N) is 2. The summed E-state index contributed by atoms with van der Waals surface area (Å²) in [6, 6.07) is 15.2. The zero-order valence-electron chi connectivity index (χ0n) is 14.7. The Morgan fingerprint density at radius 3 is 2.77 bits per heavy atom. The lowest BCUT2D eigenvalue weighted by Gasteiger charge is -2.24. The van der Waals surface area contributed by atoms with Crippen LogP contribution in [0.5, 0.6) is 0 Å². The standard InChI is InChI=1S/C21H21N3O2/c1-14-9-11-15(12-10-14)22-20(25)13-24-19-8-3-2-6-18(19)23-17-7-4-5-16(17)21(24)26/h2-3,6,8-12,16H,4-5,7,13H2,1H3,(H,22,25)/t16-/m0/s1. The molecule has 2 aliphatic rings. The van der Waals surface area contributed by atoms with E-state index in [2.05, 4.69) is 5.32 Å². The minimum absolute atomic E-state index is 0.0109. The normalized spacial score (nSPS) is 18.7. The zero-order chi connectivity index (χ0) is 18.1. The second kappa shape index (κ2) is 6.75. The summed E-state index contributed by atoms with van der Waals surface area (Å²) in [6.45, 7) is 1.99. The van der Waals surface area contributed by atoms with E-state index in [1.54, 1.807) is 4.90 Å². The summed E-state index contributed by atoms with van der Waals surface area (Å²) < 4.78 is 0. The predicted molar refractivity (Wildman–Crippen MR) is 103 cm³/mol. The van der Waals surface area contributed by atoms with Gasteiger partial charge in [-0.3, -0.25) is 14.6 Å². The molecule has 26 heavy (non-hydrogen) atoms. The number of rotatable bonds is 3. The lowest BCUT2D eigenvalue weighted by atomic mass is 10.1. The Morgan fingerprint density at radius 1 is 1.19 bits per heavy atom. The van der Waals surface area contributed by atoms with Crippen LogP contribution in [0.4, 0.5) is 17.1 Å². The van der Waals surface area contributed by atoms with Gasteiger partial charge in [-0.2, -0.15) is 0 Å². The van der Waals surface area contributed by atoms with Gasteiger partial charge in [0.05, 0.1) is 17.3 Å². The van der Waals surface area contributed by atoms with Gasteiger partial charge in [-0.15, -0.1) is 0 Å². The Kier molecular flexibility index (Phi) is 4.29. The van der Waals surface area contributed by atoms with Crippen LogP contribution >= 0.6 is 0 Å². The lowest BCUT2D eigenvalue weighted by molar-refractivity contribution is -0.122. The molecule has 132 valence electrons. The van der Waals surface area contributed by atoms with Crippen molar-refractivity contribution in [1.82, 2.24) is 0 Å². The summed E-state index contributed by atoms with van der Waals surface area (Å²) in [5, 5.41) is 2.88. The van der Waals surface area contributed by atoms with Gasteiger partial charge in [-0.05, 0) is 50.5 Å². The number of hydrogen-bond acceptors (Lipinski definition) is 3. The lowest BCUT2D eigenvalue weighted by Crippen LogP contribution is -2.41. The molecule has 0 unspecified atom stereocenters. The third kappa shape index (κ3) is 3.12. The van der Waals surface area contributed by atoms with Crippen LogP contribution in [0.3, 0.4) is 0 Å². The molecule has 1 aliphatic heterocycles. The van der Waals surface area contributed by atoms with Crippen molar-refractivity contribution >= 4 is 34.6 Å². The highest BCUT2D eigenvalue weighted by Crippen LogP contribution is 2.37. The Bertz CT molecular complexity index is 886. The molecule has 5 nitrogen and oxygen atoms in total. The SMILES string of the molecule is Cc1ccc(NC(=O)CN2C(=O)[C@H]3CCCC3=Nc3ccccc32)cc1. The predicted octanol–water partition coefficient (Wildman–Crippen LogP) is 3.85. The molecule has 0 saturated heterocycles. The number of carbonyl (C=O) groups is 2. The van der Waals surface area contributed by atoms with Crippen molar-refractivity contribution < 1.29 is 9.59 Å². The van der Waals surface area contributed by atoms with Crippen molar-refractivity contribution in [2.75, 3.05) is 16.8 Å². The highest BCUT2D eigenvalue weighted by molar-refractivity contribution is 6.16. The second-order valence-corrected chi connectivity index (χ2v) is 6.88. The molecule has 1 N–H and O–H groups in total. The second-order valence-electron chi connectivity index (χ2n) is 6.88. The number of aliphatic imine (C=N–C) groups is 1. The first-order valence-corrected chi connectivity index (χ1v) is 8.96. The number of aryl methyl sites for hydroxylation is 1. The third-order valence-electron chi connectivity index (χ3n) is 4.97. The molecule has 0 aromatic heterocycles. The Labute approximate surface area is 152 Å². The molecule has 4 rings (SSSR count). The molecule has 2 aromatic rings. The third-order valence-corrected chi connectivity index (χ3v) is 4.97. The van der Waals surface area contributed by atoms with Gasteiger partial charge in [0.15, 0.2) is 0 Å². The molecule has 0 spiro atoms. The average Bonchev–Trinajstić information content (AvgIpc) is 3.06. The molecule has 1 aliphatic carbocycles. The van der Waals surface area contributed by atoms with E-state index in [0.29, 0.717) is 5.69 Å². The van der Waals surface area contributed by atoms with E-state index in [4.69, 9.17) is 4.99 Å². The molecule has 1 fully saturated rings. The first kappa shape index (κ1) is 16.5. The van der Waals surface area contributed by atoms with Gasteiger partial charge in [0.25, 0.3) is 0 Å². The number of benzene rings is 2. The summed E-state index contributed by atoms with van der Waals surface area (Å²) >= 11 is 0. The monoisotopic (exact) mass is 347 g/mol. The minimum Gasteiger partial charge on any atom is -0.325 e. The minimum atomic E-state index is -0.210. The van der Waals surface area contributed by atoms with Crippen molar-refractivity contribution in [3.63, 3.8) is 0 Å². The van der Waals surface area contributed by atoms with Gasteiger partial charge in [0, 0.05) is 11.4 Å². The summed E-state index contributed by atoms with van der Waals surface area (Å²) in [7, 11) is 0. The van der Waals surface area contributed by atoms with E-state index in [9.17, 15) is 9.59 Å². The van der Waals surface area contributed by atoms with Crippen LogP contribution in [0.1, 0.15) is 24.8 Å². The van der Waals surface area contributed by atoms with Gasteiger partial charge in [0.2, 0.25) is 11.8 Å². The van der Waals surface area contributed by atoms with Crippen molar-refractivity contribution in [2.24, 2.45) is 10.9 Å². The molecule has 1 heterocycles. The van der Waals surface area contributed by atoms with Gasteiger partial charge < -0.3 is 10.2 Å². The van der Waals surface area contributed by atoms with Crippen LogP contribution in [0, 0.1) is 12.8 Å². The Balaban J connectivity index is 1.59. The van der Waals surface area contributed by atoms with Crippen molar-refractivity contribution in [2.45, 2.75) is 26.2 Å². The smallest absolute Gasteiger partial charge is 0.244 e. The molecule has 0 radical (unpaired) electrons. The van der Waals surface area contributed by atoms with Crippen LogP contribution in [0.2, 0.25) is 0 Å². The van der Waals surface area contributed by atoms with Gasteiger partial charge in [0.1, 0.15) is 6.54 Å². The van der Waals surface area contributed by atoms with Crippen LogP contribution < -0.4 is 10.2 Å². The molecular weight excluding hydrogens is 326 g/mol. The van der Waals surface area contributed by atoms with E-state index < -0.39 is 0 Å². The molecule has 0 bridgehead atoms. The van der Waals surface area contributed by atoms with E-state index in [0.717, 1.165) is 41.9 Å². The Morgan fingerprint density at radius 2 is 1.96 bits per heavy atom. The number of hydrogen-bond donors (Lipinski definition) is 1. The largest absolute Gasteiger partial charge is 0.325 e. The van der Waals surface area contributed by atoms with Crippen molar-refractivity contribution in [3.8, 4) is 0 Å². The molecule has 1 atom stereocenters. The van der Waals surface area contributed by atoms with E-state index in [1.807, 2.05) is 55.5 Å². The summed E-state index contributed by atoms with van der Waals surface area (Å²) in [5.74, 6) is -0.432. The number of carbonyl (C=O) groups excluding carboxylic acids is 2. The zero-order valence-corrected chi connectivity index (χ0v) is 14.7. The summed E-state index contributed by atoms with van der Waals surface area (Å²) in [4.78, 5) is 32.0. The molecular formula is C21H21N3O2. The fraction of sp³-hybridized carbons (Fsp3) is 0.286. The molecule has 2 aromatic carbocycles. The van der Waals surface area contributed by atoms with Crippen LogP contribution in [0.15, 0.2) is 53.5 Å². The summed E-state index contributed by atoms with van der Waals surface area (Å²) in [6.07, 6.45) is 2.64. The number of nitrogens with one attached hydrogen (secondary N) is 1. The molecule has 2 amide bonds. The maximum atomic E-state index is 13.1. The van der Waals surface area contributed by atoms with Gasteiger partial charge in [-0.1, -0.05) is 29.8 Å². The number of anilines is 2. The summed E-state index contributed by atoms with van der Waals surface area (Å²) in [5.41, 5.74) is 4.28. The topological polar surface area (TPSA) is 61.8 Å². The first-order valence-electron chi connectivity index (χ1n) is 8.96. The maximum Gasteiger partial charge on any atom is 0.244 e. The Hall–Kier alpha value is -2.95. The number of para-hydroxylation sites is 2. The number of fused-ring (bicyclic) bond motifs is 2. The first-order chi connectivity index (χ1) is 12.6. The van der Waals surface area contributed by atoms with Crippen molar-refractivity contribution in [3.05, 3.63) is 54.1 Å². The van der Waals surface area contributed by atoms with Gasteiger partial charge >= 0.3 is 0 Å². The number of amides is 2. The van der Waals surface area contributed by atoms with E-state index >= 15 is 0 Å². The van der Waals surface area contributed by atoms with Crippen LogP contribution in [-0.4, -0.2) is 24.1 Å². The quantitative estimate of drug-likeness (QED) is 0.916. The highest BCUT2D eigenvalue weighted by Gasteiger charge is 2.36. The van der Waals surface area contributed by atoms with Gasteiger partial charge in [-0.25, -0.2) is 0 Å². The average molecular weight is 347 g/mol. The van der Waals surface area contributed by atoms with Crippen LogP contribution in [0.25, 0.3) is 0 Å². The highest BCUT2D eigenvalue weighted by atomic mass is 16.2. The molecule has 5 heteroatoms. The maximum absolute atomic E-state index is 13.1. The van der Waals surface area contributed by atoms with E-state index in [-0.39, 0.29) is 24.3 Å².